The van der Waals surface area contributed by atoms with E-state index >= 15 is 0 Å². The fraction of sp³-hybridized carbons (Fsp3) is 0.550. The Bertz CT molecular complexity index is 470. The zero-order chi connectivity index (χ0) is 14.9. The summed E-state index contributed by atoms with van der Waals surface area (Å²) < 4.78 is 0. The van der Waals surface area contributed by atoms with E-state index in [-0.39, 0.29) is 0 Å². The minimum atomic E-state index is 0.748. The minimum Gasteiger partial charge on any atom is -0.192 e. The maximum Gasteiger partial charge on any atom is 0.0991 e. The van der Waals surface area contributed by atoms with Crippen molar-refractivity contribution >= 4 is 0 Å². The van der Waals surface area contributed by atoms with E-state index in [9.17, 15) is 0 Å². The van der Waals surface area contributed by atoms with Crippen LogP contribution in [0.15, 0.2) is 36.4 Å². The van der Waals surface area contributed by atoms with Crippen molar-refractivity contribution in [1.29, 1.82) is 5.26 Å². The van der Waals surface area contributed by atoms with Crippen molar-refractivity contribution in [3.05, 3.63) is 47.5 Å². The second kappa shape index (κ2) is 8.67. The van der Waals surface area contributed by atoms with Gasteiger partial charge in [0.15, 0.2) is 0 Å². The van der Waals surface area contributed by atoms with Gasteiger partial charge in [-0.05, 0) is 68.1 Å². The van der Waals surface area contributed by atoms with Crippen molar-refractivity contribution in [3.8, 4) is 6.07 Å². The number of hydrogen-bond acceptors (Lipinski definition) is 1. The normalized spacial score (nSPS) is 22.3. The van der Waals surface area contributed by atoms with Gasteiger partial charge in [-0.15, -0.1) is 0 Å². The predicted octanol–water partition coefficient (Wildman–Crippen LogP) is 5.65. The Labute approximate surface area is 129 Å². The van der Waals surface area contributed by atoms with Gasteiger partial charge in [-0.25, -0.2) is 0 Å². The van der Waals surface area contributed by atoms with Gasteiger partial charge in [-0.2, -0.15) is 5.26 Å². The van der Waals surface area contributed by atoms with E-state index in [0.717, 1.165) is 30.2 Å². The van der Waals surface area contributed by atoms with Gasteiger partial charge in [-0.3, -0.25) is 0 Å². The van der Waals surface area contributed by atoms with Gasteiger partial charge in [-0.1, -0.05) is 44.1 Å². The van der Waals surface area contributed by atoms with Gasteiger partial charge >= 0.3 is 0 Å². The number of hydrogen-bond donors (Lipinski definition) is 0. The van der Waals surface area contributed by atoms with Crippen LogP contribution in [0.2, 0.25) is 0 Å². The maximum atomic E-state index is 8.78. The Morgan fingerprint density at radius 1 is 1.14 bits per heavy atom. The molecule has 0 unspecified atom stereocenters. The number of benzene rings is 1. The molecule has 1 saturated carbocycles. The highest BCUT2D eigenvalue weighted by Crippen LogP contribution is 2.32. The average Bonchev–Trinajstić information content (AvgIpc) is 2.54. The summed E-state index contributed by atoms with van der Waals surface area (Å²) in [6, 6.07) is 10.1. The highest BCUT2D eigenvalue weighted by Gasteiger charge is 2.18. The first kappa shape index (κ1) is 15.8. The van der Waals surface area contributed by atoms with Crippen molar-refractivity contribution in [1.82, 2.24) is 0 Å². The van der Waals surface area contributed by atoms with E-state index in [1.54, 1.807) is 0 Å². The number of aryl methyl sites for hydroxylation is 1. The van der Waals surface area contributed by atoms with Crippen molar-refractivity contribution in [3.63, 3.8) is 0 Å². The second-order valence-electron chi connectivity index (χ2n) is 6.35. The van der Waals surface area contributed by atoms with Crippen LogP contribution in [0.5, 0.6) is 0 Å². The molecular formula is C20H27N. The van der Waals surface area contributed by atoms with Crippen LogP contribution >= 0.6 is 0 Å². The molecule has 1 aromatic carbocycles. The summed E-state index contributed by atoms with van der Waals surface area (Å²) in [4.78, 5) is 0. The molecule has 1 aromatic rings. The van der Waals surface area contributed by atoms with Gasteiger partial charge in [0, 0.05) is 0 Å². The maximum absolute atomic E-state index is 8.78. The molecule has 0 heterocycles. The Kier molecular flexibility index (Phi) is 6.54. The van der Waals surface area contributed by atoms with Crippen LogP contribution in [0.25, 0.3) is 0 Å². The lowest BCUT2D eigenvalue weighted by Crippen LogP contribution is -2.12. The molecule has 1 nitrogen and oxygen atoms in total. The number of rotatable bonds is 6. The van der Waals surface area contributed by atoms with E-state index in [1.165, 1.54) is 44.1 Å². The van der Waals surface area contributed by atoms with Gasteiger partial charge < -0.3 is 0 Å². The Balaban J connectivity index is 1.67. The molecule has 21 heavy (non-hydrogen) atoms. The van der Waals surface area contributed by atoms with E-state index in [1.807, 2.05) is 12.1 Å². The zero-order valence-electron chi connectivity index (χ0n) is 13.2. The lowest BCUT2D eigenvalue weighted by molar-refractivity contribution is 0.294. The van der Waals surface area contributed by atoms with Gasteiger partial charge in [0.25, 0.3) is 0 Å². The van der Waals surface area contributed by atoms with E-state index in [4.69, 9.17) is 5.26 Å². The van der Waals surface area contributed by atoms with Crippen molar-refractivity contribution in [2.45, 2.75) is 58.3 Å². The molecule has 0 saturated heterocycles. The lowest BCUT2D eigenvalue weighted by Gasteiger charge is -2.26. The van der Waals surface area contributed by atoms with Gasteiger partial charge in [0.2, 0.25) is 0 Å². The molecule has 0 aliphatic heterocycles. The first-order valence-electron chi connectivity index (χ1n) is 8.47. The summed E-state index contributed by atoms with van der Waals surface area (Å²) in [6.45, 7) is 2.30. The fourth-order valence-electron chi connectivity index (χ4n) is 3.36. The number of nitrogens with zero attached hydrogens (tertiary/aromatic N) is 1. The first-order valence-corrected chi connectivity index (χ1v) is 8.47. The van der Waals surface area contributed by atoms with E-state index in [0.29, 0.717) is 0 Å². The second-order valence-corrected chi connectivity index (χ2v) is 6.35. The van der Waals surface area contributed by atoms with Crippen LogP contribution in [-0.2, 0) is 6.42 Å². The van der Waals surface area contributed by atoms with Crippen LogP contribution in [-0.4, -0.2) is 0 Å². The van der Waals surface area contributed by atoms with Crippen LogP contribution < -0.4 is 0 Å². The molecule has 1 aliphatic carbocycles. The van der Waals surface area contributed by atoms with Crippen molar-refractivity contribution in [2.24, 2.45) is 11.8 Å². The van der Waals surface area contributed by atoms with E-state index in [2.05, 4.69) is 37.3 Å². The van der Waals surface area contributed by atoms with Crippen LogP contribution in [0.3, 0.4) is 0 Å². The minimum absolute atomic E-state index is 0.748. The smallest absolute Gasteiger partial charge is 0.0991 e. The molecule has 1 fully saturated rings. The molecule has 0 N–H and O–H groups in total. The van der Waals surface area contributed by atoms with Gasteiger partial charge in [0.05, 0.1) is 11.6 Å². The summed E-state index contributed by atoms with van der Waals surface area (Å²) in [5.41, 5.74) is 2.07. The quantitative estimate of drug-likeness (QED) is 0.618. The summed E-state index contributed by atoms with van der Waals surface area (Å²) in [7, 11) is 0. The summed E-state index contributed by atoms with van der Waals surface area (Å²) >= 11 is 0. The third-order valence-corrected chi connectivity index (χ3v) is 4.68. The fourth-order valence-corrected chi connectivity index (χ4v) is 3.36. The summed E-state index contributed by atoms with van der Waals surface area (Å²) in [6.07, 6.45) is 15.4. The van der Waals surface area contributed by atoms with Crippen LogP contribution in [0, 0.1) is 23.2 Å². The molecule has 1 aliphatic rings. The number of nitriles is 1. The standard InChI is InChI=1S/C20H27N/c1-2-5-17-8-10-18(11-9-17)6-3-4-7-19-12-14-20(16-21)15-13-19/h3,6,12-15,17-18H,2,4-5,7-11H2,1H3/b6-3+. The van der Waals surface area contributed by atoms with Crippen LogP contribution in [0.1, 0.15) is 63.0 Å². The molecule has 1 heteroatoms. The average molecular weight is 281 g/mol. The Hall–Kier alpha value is -1.55. The predicted molar refractivity (Wildman–Crippen MR) is 89.0 cm³/mol. The zero-order valence-corrected chi connectivity index (χ0v) is 13.2. The molecule has 0 radical (unpaired) electrons. The summed E-state index contributed by atoms with van der Waals surface area (Å²) in [5, 5.41) is 8.78. The summed E-state index contributed by atoms with van der Waals surface area (Å²) in [5.74, 6) is 1.82. The molecule has 0 amide bonds. The molecule has 112 valence electrons. The molecule has 0 bridgehead atoms. The third-order valence-electron chi connectivity index (χ3n) is 4.68. The van der Waals surface area contributed by atoms with Crippen LogP contribution in [0.4, 0.5) is 0 Å². The number of allylic oxidation sites excluding steroid dienone is 2. The molecule has 2 rings (SSSR count). The van der Waals surface area contributed by atoms with Crippen molar-refractivity contribution < 1.29 is 0 Å². The molecule has 0 aromatic heterocycles. The van der Waals surface area contributed by atoms with Crippen molar-refractivity contribution in [2.75, 3.05) is 0 Å². The SMILES string of the molecule is CCCC1CCC(/C=C/CCc2ccc(C#N)cc2)CC1. The molecular weight excluding hydrogens is 254 g/mol. The topological polar surface area (TPSA) is 23.8 Å². The largest absolute Gasteiger partial charge is 0.192 e. The highest BCUT2D eigenvalue weighted by atomic mass is 14.2. The van der Waals surface area contributed by atoms with E-state index < -0.39 is 0 Å². The lowest BCUT2D eigenvalue weighted by atomic mass is 9.80. The van der Waals surface area contributed by atoms with Gasteiger partial charge in [0.1, 0.15) is 0 Å². The molecule has 0 atom stereocenters. The Morgan fingerprint density at radius 3 is 2.48 bits per heavy atom. The Morgan fingerprint density at radius 2 is 1.86 bits per heavy atom. The third kappa shape index (κ3) is 5.38. The highest BCUT2D eigenvalue weighted by molar-refractivity contribution is 5.31. The molecule has 0 spiro atoms. The monoisotopic (exact) mass is 281 g/mol. The first-order chi connectivity index (χ1) is 10.3.